The molecule has 0 saturated carbocycles. The Kier molecular flexibility index (Phi) is 4.37. The molecule has 84 valence electrons. The average molecular weight is 219 g/mol. The summed E-state index contributed by atoms with van der Waals surface area (Å²) in [6.45, 7) is 0.461. The minimum absolute atomic E-state index is 0.0543. The first kappa shape index (κ1) is 12.1. The number of phenolic OH excluding ortho intramolecular Hbond substituents is 1. The molecule has 0 amide bonds. The predicted molar refractivity (Wildman–Crippen MR) is 60.0 cm³/mol. The van der Waals surface area contributed by atoms with Crippen LogP contribution in [0.4, 0.5) is 0 Å². The van der Waals surface area contributed by atoms with Gasteiger partial charge < -0.3 is 15.9 Å². The van der Waals surface area contributed by atoms with Crippen molar-refractivity contribution in [3.63, 3.8) is 0 Å². The van der Waals surface area contributed by atoms with E-state index in [1.165, 1.54) is 6.07 Å². The molecular weight excluding hydrogens is 206 g/mol. The molecule has 0 atom stereocenters. The van der Waals surface area contributed by atoms with Crippen LogP contribution in [-0.4, -0.2) is 22.7 Å². The maximum absolute atomic E-state index is 10.5. The van der Waals surface area contributed by atoms with Crippen molar-refractivity contribution in [2.75, 3.05) is 6.54 Å². The van der Waals surface area contributed by atoms with Gasteiger partial charge in [0, 0.05) is 13.0 Å². The van der Waals surface area contributed by atoms with E-state index in [9.17, 15) is 9.90 Å². The third-order valence-corrected chi connectivity index (χ3v) is 1.91. The van der Waals surface area contributed by atoms with Crippen LogP contribution in [0.25, 0.3) is 0 Å². The summed E-state index contributed by atoms with van der Waals surface area (Å²) in [5.41, 5.74) is 6.33. The van der Waals surface area contributed by atoms with Crippen molar-refractivity contribution in [3.05, 3.63) is 29.3 Å². The quantitative estimate of drug-likeness (QED) is 0.654. The van der Waals surface area contributed by atoms with Gasteiger partial charge in [0.15, 0.2) is 0 Å². The van der Waals surface area contributed by atoms with Crippen molar-refractivity contribution in [2.45, 2.75) is 12.8 Å². The van der Waals surface area contributed by atoms with Gasteiger partial charge in [-0.2, -0.15) is 0 Å². The number of carboxylic acids is 1. The third-order valence-electron chi connectivity index (χ3n) is 1.91. The van der Waals surface area contributed by atoms with Crippen LogP contribution in [0.5, 0.6) is 5.75 Å². The van der Waals surface area contributed by atoms with E-state index in [1.807, 2.05) is 0 Å². The Hall–Kier alpha value is -1.99. The molecule has 0 spiro atoms. The SMILES string of the molecule is NCCC#Cc1cc(CC(=O)O)ccc1O. The summed E-state index contributed by atoms with van der Waals surface area (Å²) in [4.78, 5) is 10.5. The average Bonchev–Trinajstić information content (AvgIpc) is 2.22. The van der Waals surface area contributed by atoms with Gasteiger partial charge in [0.1, 0.15) is 5.75 Å². The smallest absolute Gasteiger partial charge is 0.307 e. The van der Waals surface area contributed by atoms with Crippen molar-refractivity contribution >= 4 is 5.97 Å². The fourth-order valence-electron chi connectivity index (χ4n) is 1.20. The molecule has 0 unspecified atom stereocenters. The molecular formula is C12H13NO3. The molecule has 1 aromatic rings. The fraction of sp³-hybridized carbons (Fsp3) is 0.250. The van der Waals surface area contributed by atoms with Crippen LogP contribution in [0.2, 0.25) is 0 Å². The highest BCUT2D eigenvalue weighted by Crippen LogP contribution is 2.17. The number of aliphatic carboxylic acids is 1. The van der Waals surface area contributed by atoms with Crippen LogP contribution >= 0.6 is 0 Å². The maximum Gasteiger partial charge on any atom is 0.307 e. The lowest BCUT2D eigenvalue weighted by molar-refractivity contribution is -0.136. The van der Waals surface area contributed by atoms with Crippen molar-refractivity contribution in [2.24, 2.45) is 5.73 Å². The Morgan fingerprint density at radius 1 is 1.44 bits per heavy atom. The molecule has 0 aliphatic carbocycles. The lowest BCUT2D eigenvalue weighted by Gasteiger charge is -2.00. The molecule has 0 heterocycles. The molecule has 0 fully saturated rings. The van der Waals surface area contributed by atoms with Gasteiger partial charge in [0.25, 0.3) is 0 Å². The normalized spacial score (nSPS) is 9.31. The molecule has 0 bridgehead atoms. The van der Waals surface area contributed by atoms with Gasteiger partial charge in [-0.1, -0.05) is 17.9 Å². The fourth-order valence-corrected chi connectivity index (χ4v) is 1.20. The van der Waals surface area contributed by atoms with E-state index >= 15 is 0 Å². The second kappa shape index (κ2) is 5.79. The summed E-state index contributed by atoms with van der Waals surface area (Å²) >= 11 is 0. The molecule has 4 heteroatoms. The van der Waals surface area contributed by atoms with Gasteiger partial charge in [-0.05, 0) is 17.7 Å². The van der Waals surface area contributed by atoms with Gasteiger partial charge in [-0.3, -0.25) is 4.79 Å². The Morgan fingerprint density at radius 2 is 2.19 bits per heavy atom. The molecule has 0 aromatic heterocycles. The molecule has 0 radical (unpaired) electrons. The van der Waals surface area contributed by atoms with Gasteiger partial charge in [0.2, 0.25) is 0 Å². The molecule has 0 aliphatic rings. The highest BCUT2D eigenvalue weighted by Gasteiger charge is 2.03. The van der Waals surface area contributed by atoms with E-state index in [0.717, 1.165) is 0 Å². The Bertz CT molecular complexity index is 443. The molecule has 4 nitrogen and oxygen atoms in total. The first-order chi connectivity index (χ1) is 7.63. The molecule has 1 rings (SSSR count). The van der Waals surface area contributed by atoms with E-state index in [4.69, 9.17) is 10.8 Å². The monoisotopic (exact) mass is 219 g/mol. The van der Waals surface area contributed by atoms with E-state index in [-0.39, 0.29) is 12.2 Å². The Morgan fingerprint density at radius 3 is 2.81 bits per heavy atom. The first-order valence-electron chi connectivity index (χ1n) is 4.86. The molecule has 0 aliphatic heterocycles. The van der Waals surface area contributed by atoms with E-state index in [0.29, 0.717) is 24.1 Å². The van der Waals surface area contributed by atoms with Crippen LogP contribution in [-0.2, 0) is 11.2 Å². The number of hydrogen-bond donors (Lipinski definition) is 3. The van der Waals surface area contributed by atoms with Crippen molar-refractivity contribution < 1.29 is 15.0 Å². The maximum atomic E-state index is 10.5. The number of rotatable bonds is 3. The minimum atomic E-state index is -0.911. The standard InChI is InChI=1S/C12H13NO3/c13-6-2-1-3-10-7-9(8-12(15)16)4-5-11(10)14/h4-5,7,14H,2,6,8,13H2,(H,15,16). The van der Waals surface area contributed by atoms with E-state index < -0.39 is 5.97 Å². The van der Waals surface area contributed by atoms with Crippen molar-refractivity contribution in [1.82, 2.24) is 0 Å². The Balaban J connectivity index is 2.91. The number of carboxylic acid groups (broad SMARTS) is 1. The van der Waals surface area contributed by atoms with E-state index in [2.05, 4.69) is 11.8 Å². The highest BCUT2D eigenvalue weighted by atomic mass is 16.4. The second-order valence-electron chi connectivity index (χ2n) is 3.26. The van der Waals surface area contributed by atoms with Crippen LogP contribution in [0, 0.1) is 11.8 Å². The summed E-state index contributed by atoms with van der Waals surface area (Å²) < 4.78 is 0. The predicted octanol–water partition coefficient (Wildman–Crippen LogP) is 0.720. The number of benzene rings is 1. The van der Waals surface area contributed by atoms with Crippen molar-refractivity contribution in [3.8, 4) is 17.6 Å². The lowest BCUT2D eigenvalue weighted by atomic mass is 10.1. The molecule has 4 N–H and O–H groups in total. The van der Waals surface area contributed by atoms with Crippen molar-refractivity contribution in [1.29, 1.82) is 0 Å². The number of hydrogen-bond acceptors (Lipinski definition) is 3. The van der Waals surface area contributed by atoms with Gasteiger partial charge in [0.05, 0.1) is 12.0 Å². The zero-order chi connectivity index (χ0) is 12.0. The number of phenols is 1. The first-order valence-corrected chi connectivity index (χ1v) is 4.86. The lowest BCUT2D eigenvalue weighted by Crippen LogP contribution is -2.00. The number of aromatic hydroxyl groups is 1. The summed E-state index contributed by atoms with van der Waals surface area (Å²) in [6.07, 6.45) is 0.467. The number of carbonyl (C=O) groups is 1. The highest BCUT2D eigenvalue weighted by molar-refractivity contribution is 5.70. The summed E-state index contributed by atoms with van der Waals surface area (Å²) in [5, 5.41) is 18.1. The zero-order valence-electron chi connectivity index (χ0n) is 8.73. The zero-order valence-corrected chi connectivity index (χ0v) is 8.73. The second-order valence-corrected chi connectivity index (χ2v) is 3.26. The summed E-state index contributed by atoms with van der Waals surface area (Å²) in [5.74, 6) is 4.69. The van der Waals surface area contributed by atoms with Gasteiger partial charge in [-0.25, -0.2) is 0 Å². The summed E-state index contributed by atoms with van der Waals surface area (Å²) in [7, 11) is 0. The van der Waals surface area contributed by atoms with Crippen LogP contribution in [0.15, 0.2) is 18.2 Å². The van der Waals surface area contributed by atoms with Gasteiger partial charge >= 0.3 is 5.97 Å². The van der Waals surface area contributed by atoms with Crippen LogP contribution in [0.1, 0.15) is 17.5 Å². The molecule has 16 heavy (non-hydrogen) atoms. The summed E-state index contributed by atoms with van der Waals surface area (Å²) in [6, 6.07) is 4.59. The molecule has 1 aromatic carbocycles. The van der Waals surface area contributed by atoms with Crippen LogP contribution < -0.4 is 5.73 Å². The topological polar surface area (TPSA) is 83.6 Å². The van der Waals surface area contributed by atoms with Gasteiger partial charge in [-0.15, -0.1) is 0 Å². The van der Waals surface area contributed by atoms with Crippen LogP contribution in [0.3, 0.4) is 0 Å². The number of nitrogens with two attached hydrogens (primary N) is 1. The van der Waals surface area contributed by atoms with E-state index in [1.54, 1.807) is 12.1 Å². The third kappa shape index (κ3) is 3.64. The largest absolute Gasteiger partial charge is 0.507 e. The molecule has 0 saturated heterocycles. The minimum Gasteiger partial charge on any atom is -0.507 e. The Labute approximate surface area is 93.7 Å².